The lowest BCUT2D eigenvalue weighted by molar-refractivity contribution is 0.0773. The highest BCUT2D eigenvalue weighted by Crippen LogP contribution is 2.28. The first kappa shape index (κ1) is 19.9. The van der Waals surface area contributed by atoms with Crippen LogP contribution in [0.3, 0.4) is 0 Å². The molecule has 1 aromatic carbocycles. The number of carbonyl (C=O) groups is 1. The summed E-state index contributed by atoms with van der Waals surface area (Å²) in [6, 6.07) is 5.89. The predicted molar refractivity (Wildman–Crippen MR) is 98.8 cm³/mol. The van der Waals surface area contributed by atoms with Gasteiger partial charge in [-0.15, -0.1) is 0 Å². The van der Waals surface area contributed by atoms with E-state index in [1.807, 2.05) is 13.8 Å². The third kappa shape index (κ3) is 4.80. The number of nitrogens with zero attached hydrogens (tertiary/aromatic N) is 1. The number of nitrogens with one attached hydrogen (secondary N) is 1. The van der Waals surface area contributed by atoms with Crippen molar-refractivity contribution < 1.29 is 13.2 Å². The molecular weight excluding hydrogens is 338 g/mol. The molecule has 3 N–H and O–H groups in total. The normalized spacial score (nSPS) is 16.8. The number of hydrogen-bond donors (Lipinski definition) is 2. The molecule has 0 aliphatic heterocycles. The summed E-state index contributed by atoms with van der Waals surface area (Å²) in [7, 11) is -3.64. The number of amides is 1. The van der Waals surface area contributed by atoms with E-state index < -0.39 is 10.0 Å². The molecule has 1 aliphatic carbocycles. The van der Waals surface area contributed by atoms with Crippen LogP contribution in [0, 0.1) is 5.92 Å². The Hall–Kier alpha value is -1.44. The lowest BCUT2D eigenvalue weighted by Gasteiger charge is -2.23. The molecule has 0 aromatic heterocycles. The fourth-order valence-electron chi connectivity index (χ4n) is 3.43. The van der Waals surface area contributed by atoms with Crippen LogP contribution in [0.2, 0.25) is 0 Å². The van der Waals surface area contributed by atoms with Crippen molar-refractivity contribution in [2.75, 3.05) is 19.6 Å². The summed E-state index contributed by atoms with van der Waals surface area (Å²) in [6.07, 6.45) is 4.29. The maximum atomic E-state index is 12.6. The lowest BCUT2D eigenvalue weighted by Crippen LogP contribution is -2.44. The number of rotatable bonds is 8. The summed E-state index contributed by atoms with van der Waals surface area (Å²) in [5.74, 6) is 0.219. The minimum atomic E-state index is -3.64. The maximum Gasteiger partial charge on any atom is 0.253 e. The van der Waals surface area contributed by atoms with Gasteiger partial charge < -0.3 is 10.6 Å². The molecule has 7 heteroatoms. The Labute approximate surface area is 150 Å². The Morgan fingerprint density at radius 1 is 1.20 bits per heavy atom. The molecule has 0 bridgehead atoms. The molecule has 0 heterocycles. The molecule has 140 valence electrons. The van der Waals surface area contributed by atoms with Crippen molar-refractivity contribution in [2.24, 2.45) is 11.7 Å². The molecule has 1 fully saturated rings. The van der Waals surface area contributed by atoms with E-state index in [1.54, 1.807) is 17.0 Å². The quantitative estimate of drug-likeness (QED) is 0.735. The fraction of sp³-hybridized carbons (Fsp3) is 0.611. The Kier molecular flexibility index (Phi) is 6.98. The van der Waals surface area contributed by atoms with Gasteiger partial charge in [-0.3, -0.25) is 4.79 Å². The van der Waals surface area contributed by atoms with Crippen molar-refractivity contribution >= 4 is 15.9 Å². The van der Waals surface area contributed by atoms with Crippen LogP contribution in [0.4, 0.5) is 0 Å². The Bertz CT molecular complexity index is 663. The fourth-order valence-corrected chi connectivity index (χ4v) is 4.75. The monoisotopic (exact) mass is 367 g/mol. The molecule has 1 aromatic rings. The summed E-state index contributed by atoms with van der Waals surface area (Å²) >= 11 is 0. The molecule has 6 nitrogen and oxygen atoms in total. The third-order valence-electron chi connectivity index (χ3n) is 4.99. The first-order valence-electron chi connectivity index (χ1n) is 9.04. The van der Waals surface area contributed by atoms with E-state index in [1.165, 1.54) is 12.1 Å². The summed E-state index contributed by atoms with van der Waals surface area (Å²) in [5.41, 5.74) is 6.28. The first-order chi connectivity index (χ1) is 11.9. The second-order valence-electron chi connectivity index (χ2n) is 6.51. The molecule has 25 heavy (non-hydrogen) atoms. The molecule has 1 unspecified atom stereocenters. The van der Waals surface area contributed by atoms with Gasteiger partial charge in [-0.05, 0) is 56.9 Å². The van der Waals surface area contributed by atoms with Gasteiger partial charge in [0.2, 0.25) is 10.0 Å². The van der Waals surface area contributed by atoms with Crippen LogP contribution >= 0.6 is 0 Å². The zero-order valence-corrected chi connectivity index (χ0v) is 15.9. The number of carbonyl (C=O) groups excluding carboxylic acids is 1. The molecule has 0 spiro atoms. The van der Waals surface area contributed by atoms with Crippen LogP contribution in [0.5, 0.6) is 0 Å². The molecule has 0 radical (unpaired) electrons. The van der Waals surface area contributed by atoms with E-state index in [2.05, 4.69) is 4.72 Å². The van der Waals surface area contributed by atoms with Crippen molar-refractivity contribution in [1.29, 1.82) is 0 Å². The van der Waals surface area contributed by atoms with Gasteiger partial charge in [-0.1, -0.05) is 12.8 Å². The average molecular weight is 368 g/mol. The van der Waals surface area contributed by atoms with Crippen LogP contribution in [0.25, 0.3) is 0 Å². The standard InChI is InChI=1S/C18H29N3O3S/c1-3-21(4-2)18(22)15-9-11-16(12-10-15)25(23,24)20-17(13-19)14-7-5-6-8-14/h9-12,14,17,20H,3-8,13,19H2,1-2H3. The summed E-state index contributed by atoms with van der Waals surface area (Å²) in [5, 5.41) is 0. The zero-order valence-electron chi connectivity index (χ0n) is 15.1. The Morgan fingerprint density at radius 2 is 1.76 bits per heavy atom. The predicted octanol–water partition coefficient (Wildman–Crippen LogP) is 1.96. The van der Waals surface area contributed by atoms with Gasteiger partial charge in [0, 0.05) is 31.2 Å². The highest BCUT2D eigenvalue weighted by atomic mass is 32.2. The molecule has 1 atom stereocenters. The molecule has 2 rings (SSSR count). The molecule has 1 saturated carbocycles. The van der Waals surface area contributed by atoms with Gasteiger partial charge in [-0.2, -0.15) is 0 Å². The van der Waals surface area contributed by atoms with Gasteiger partial charge in [0.15, 0.2) is 0 Å². The van der Waals surface area contributed by atoms with E-state index >= 15 is 0 Å². The van der Waals surface area contributed by atoms with Crippen molar-refractivity contribution in [1.82, 2.24) is 9.62 Å². The van der Waals surface area contributed by atoms with Gasteiger partial charge >= 0.3 is 0 Å². The minimum absolute atomic E-state index is 0.0901. The second kappa shape index (κ2) is 8.78. The largest absolute Gasteiger partial charge is 0.339 e. The van der Waals surface area contributed by atoms with E-state index in [-0.39, 0.29) is 16.8 Å². The summed E-state index contributed by atoms with van der Waals surface area (Å²) < 4.78 is 28.0. The van der Waals surface area contributed by atoms with Crippen LogP contribution in [-0.2, 0) is 10.0 Å². The number of hydrogen-bond acceptors (Lipinski definition) is 4. The highest BCUT2D eigenvalue weighted by molar-refractivity contribution is 7.89. The minimum Gasteiger partial charge on any atom is -0.339 e. The molecular formula is C18H29N3O3S. The van der Waals surface area contributed by atoms with Crippen LogP contribution in [-0.4, -0.2) is 44.9 Å². The zero-order chi connectivity index (χ0) is 18.4. The third-order valence-corrected chi connectivity index (χ3v) is 6.50. The topological polar surface area (TPSA) is 92.5 Å². The van der Waals surface area contributed by atoms with Gasteiger partial charge in [0.05, 0.1) is 4.90 Å². The van der Waals surface area contributed by atoms with Crippen LogP contribution in [0.1, 0.15) is 49.9 Å². The van der Waals surface area contributed by atoms with E-state index in [4.69, 9.17) is 5.73 Å². The van der Waals surface area contributed by atoms with Crippen LogP contribution in [0.15, 0.2) is 29.2 Å². The lowest BCUT2D eigenvalue weighted by atomic mass is 9.99. The number of nitrogens with two attached hydrogens (primary N) is 1. The van der Waals surface area contributed by atoms with Crippen LogP contribution < -0.4 is 10.5 Å². The molecule has 1 aliphatic rings. The molecule has 0 saturated heterocycles. The van der Waals surface area contributed by atoms with E-state index in [0.717, 1.165) is 25.7 Å². The van der Waals surface area contributed by atoms with Gasteiger partial charge in [-0.25, -0.2) is 13.1 Å². The van der Waals surface area contributed by atoms with E-state index in [9.17, 15) is 13.2 Å². The van der Waals surface area contributed by atoms with Gasteiger partial charge in [0.1, 0.15) is 0 Å². The Morgan fingerprint density at radius 3 is 2.24 bits per heavy atom. The Balaban J connectivity index is 2.12. The SMILES string of the molecule is CCN(CC)C(=O)c1ccc(S(=O)(=O)NC(CN)C2CCCC2)cc1. The number of sulfonamides is 1. The van der Waals surface area contributed by atoms with Gasteiger partial charge in [0.25, 0.3) is 5.91 Å². The second-order valence-corrected chi connectivity index (χ2v) is 8.22. The highest BCUT2D eigenvalue weighted by Gasteiger charge is 2.28. The average Bonchev–Trinajstić information content (AvgIpc) is 3.15. The van der Waals surface area contributed by atoms with Crippen molar-refractivity contribution in [3.8, 4) is 0 Å². The van der Waals surface area contributed by atoms with Crippen molar-refractivity contribution in [3.63, 3.8) is 0 Å². The summed E-state index contributed by atoms with van der Waals surface area (Å²) in [4.78, 5) is 14.2. The van der Waals surface area contributed by atoms with Crippen molar-refractivity contribution in [2.45, 2.75) is 50.5 Å². The van der Waals surface area contributed by atoms with Crippen molar-refractivity contribution in [3.05, 3.63) is 29.8 Å². The maximum absolute atomic E-state index is 12.6. The summed E-state index contributed by atoms with van der Waals surface area (Å²) in [6.45, 7) is 5.37. The number of benzene rings is 1. The molecule has 1 amide bonds. The smallest absolute Gasteiger partial charge is 0.253 e. The first-order valence-corrected chi connectivity index (χ1v) is 10.5. The van der Waals surface area contributed by atoms with E-state index in [0.29, 0.717) is 31.1 Å².